The summed E-state index contributed by atoms with van der Waals surface area (Å²) >= 11 is 0. The maximum absolute atomic E-state index is 10.6. The van der Waals surface area contributed by atoms with Crippen molar-refractivity contribution >= 4 is 23.6 Å². The van der Waals surface area contributed by atoms with Crippen molar-refractivity contribution in [3.05, 3.63) is 54.2 Å². The van der Waals surface area contributed by atoms with E-state index in [9.17, 15) is 4.79 Å². The number of ether oxygens (including phenoxy) is 1. The molecule has 0 unspecified atom stereocenters. The monoisotopic (exact) mass is 466 g/mol. The average Bonchev–Trinajstić information content (AvgIpc) is 2.60. The molecule has 1 radical (unpaired) electrons. The van der Waals surface area contributed by atoms with Crippen molar-refractivity contribution in [1.29, 1.82) is 0 Å². The molecular weight excluding hydrogens is 445 g/mol. The molecule has 129 valence electrons. The van der Waals surface area contributed by atoms with Gasteiger partial charge in [0.25, 0.3) is 0 Å². The van der Waals surface area contributed by atoms with Crippen molar-refractivity contribution < 1.29 is 55.9 Å². The number of benzene rings is 1. The maximum atomic E-state index is 10.6. The van der Waals surface area contributed by atoms with Crippen LogP contribution < -0.4 is 9.64 Å². The fraction of sp³-hybridized carbons (Fsp3) is 0.263. The smallest absolute Gasteiger partial charge is 0.328 e. The summed E-state index contributed by atoms with van der Waals surface area (Å²) < 4.78 is 5.63. The largest absolute Gasteiger partial charge is 0.519 e. The molecule has 1 aromatic heterocycles. The third-order valence-corrected chi connectivity index (χ3v) is 3.31. The number of aromatic nitrogens is 1. The summed E-state index contributed by atoms with van der Waals surface area (Å²) in [4.78, 5) is 17.0. The number of carbonyl (C=O) groups is 1. The third kappa shape index (κ3) is 6.75. The van der Waals surface area contributed by atoms with Crippen molar-refractivity contribution in [1.82, 2.24) is 4.98 Å². The number of carboxylic acids is 1. The number of aliphatic carboxylic acids is 1. The average molecular weight is 466 g/mol. The minimum Gasteiger partial charge on any atom is -0.519 e. The molecular formula is C19H21N2O3Pr-. The molecule has 1 heterocycles. The van der Waals surface area contributed by atoms with Gasteiger partial charge in [-0.1, -0.05) is 12.6 Å². The summed E-state index contributed by atoms with van der Waals surface area (Å²) in [5, 5.41) is 8.66. The van der Waals surface area contributed by atoms with Crippen LogP contribution in [0.4, 0.5) is 11.5 Å². The number of hydrogen-bond donors (Lipinski definition) is 1. The molecule has 1 aromatic carbocycles. The van der Waals surface area contributed by atoms with Crippen molar-refractivity contribution in [2.75, 3.05) is 18.1 Å². The van der Waals surface area contributed by atoms with Crippen molar-refractivity contribution in [3.63, 3.8) is 0 Å². The second kappa shape index (κ2) is 11.2. The standard InChI is InChI=1S/C19H21N2O3.Pr/c1-3-12-24-17-7-5-6-16(13-17)21(4-2)18-10-8-15(14-20-18)9-11-19(22)23;/h5-6,8-11,13-14H,3-4,12H2,1-2H3,(H,22,23);/q-1;/b11-9+;. The second-order valence-corrected chi connectivity index (χ2v) is 5.13. The zero-order chi connectivity index (χ0) is 17.4. The number of anilines is 2. The Labute approximate surface area is 181 Å². The second-order valence-electron chi connectivity index (χ2n) is 5.13. The molecule has 0 atom stereocenters. The number of rotatable bonds is 8. The molecule has 0 aliphatic rings. The predicted octanol–water partition coefficient (Wildman–Crippen LogP) is 3.93. The Morgan fingerprint density at radius 2 is 2.16 bits per heavy atom. The van der Waals surface area contributed by atoms with Crippen LogP contribution in [0, 0.1) is 47.4 Å². The zero-order valence-electron chi connectivity index (χ0n) is 14.5. The van der Waals surface area contributed by atoms with Gasteiger partial charge in [-0.3, -0.25) is 0 Å². The van der Waals surface area contributed by atoms with Crippen molar-refractivity contribution in [3.8, 4) is 5.75 Å². The first kappa shape index (κ1) is 21.6. The van der Waals surface area contributed by atoms with Crippen LogP contribution in [-0.4, -0.2) is 29.2 Å². The molecule has 0 aliphatic heterocycles. The van der Waals surface area contributed by atoms with Gasteiger partial charge in [0.15, 0.2) is 0 Å². The van der Waals surface area contributed by atoms with Gasteiger partial charge < -0.3 is 14.7 Å². The van der Waals surface area contributed by atoms with Gasteiger partial charge in [-0.05, 0) is 37.1 Å². The van der Waals surface area contributed by atoms with Crippen LogP contribution in [0.2, 0.25) is 0 Å². The predicted molar refractivity (Wildman–Crippen MR) is 94.7 cm³/mol. The summed E-state index contributed by atoms with van der Waals surface area (Å²) in [6.45, 7) is 5.51. The Bertz CT molecular complexity index is 702. The molecule has 0 amide bonds. The van der Waals surface area contributed by atoms with E-state index >= 15 is 0 Å². The molecule has 1 N–H and O–H groups in total. The van der Waals surface area contributed by atoms with Crippen LogP contribution in [0.25, 0.3) is 6.08 Å². The van der Waals surface area contributed by atoms with Gasteiger partial charge in [0.2, 0.25) is 0 Å². The quantitative estimate of drug-likeness (QED) is 0.472. The Balaban J connectivity index is 0.00000312. The zero-order valence-corrected chi connectivity index (χ0v) is 18.2. The fourth-order valence-electron chi connectivity index (χ4n) is 2.20. The van der Waals surface area contributed by atoms with Gasteiger partial charge in [0, 0.05) is 65.9 Å². The molecule has 6 heteroatoms. The number of nitrogens with zero attached hydrogens (tertiary/aromatic N) is 2. The molecule has 2 rings (SSSR count). The topological polar surface area (TPSA) is 62.7 Å². The molecule has 25 heavy (non-hydrogen) atoms. The summed E-state index contributed by atoms with van der Waals surface area (Å²) in [6.07, 6.45) is 5.21. The van der Waals surface area contributed by atoms with Gasteiger partial charge in [0.05, 0.1) is 6.61 Å². The van der Waals surface area contributed by atoms with Gasteiger partial charge in [0.1, 0.15) is 5.82 Å². The first-order chi connectivity index (χ1) is 11.6. The van der Waals surface area contributed by atoms with Crippen LogP contribution >= 0.6 is 0 Å². The van der Waals surface area contributed by atoms with Gasteiger partial charge >= 0.3 is 5.97 Å². The molecule has 0 aliphatic carbocycles. The molecule has 0 spiro atoms. The van der Waals surface area contributed by atoms with Gasteiger partial charge in [-0.15, -0.1) is 18.2 Å². The van der Waals surface area contributed by atoms with E-state index < -0.39 is 5.97 Å². The van der Waals surface area contributed by atoms with E-state index in [-0.39, 0.29) is 41.3 Å². The molecule has 0 saturated heterocycles. The summed E-state index contributed by atoms with van der Waals surface area (Å²) in [7, 11) is 0. The summed E-state index contributed by atoms with van der Waals surface area (Å²) in [5.41, 5.74) is 1.72. The minimum atomic E-state index is -0.977. The van der Waals surface area contributed by atoms with E-state index in [1.165, 1.54) is 6.08 Å². The normalized spacial score (nSPS) is 10.3. The number of carboxylic acid groups (broad SMARTS) is 1. The molecule has 5 nitrogen and oxygen atoms in total. The van der Waals surface area contributed by atoms with Crippen molar-refractivity contribution in [2.24, 2.45) is 0 Å². The number of hydrogen-bond acceptors (Lipinski definition) is 4. The Kier molecular flexibility index (Phi) is 9.68. The SMILES string of the molecule is CCCOc1[c-]ccc(N(CC)c2ccc(/C=C/C(=O)O)cn2)c1.[Pr]. The molecule has 2 aromatic rings. The molecule has 0 bridgehead atoms. The fourth-order valence-corrected chi connectivity index (χ4v) is 2.20. The van der Waals surface area contributed by atoms with Gasteiger partial charge in [-0.25, -0.2) is 9.78 Å². The molecule has 0 fully saturated rings. The number of pyridine rings is 1. The van der Waals surface area contributed by atoms with E-state index in [1.54, 1.807) is 6.20 Å². The van der Waals surface area contributed by atoms with Crippen LogP contribution in [0.15, 0.2) is 42.6 Å². The van der Waals surface area contributed by atoms with Gasteiger partial charge in [-0.2, -0.15) is 6.07 Å². The van der Waals surface area contributed by atoms with E-state index in [0.29, 0.717) is 12.4 Å². The minimum absolute atomic E-state index is 0. The van der Waals surface area contributed by atoms with E-state index in [0.717, 1.165) is 36.1 Å². The Morgan fingerprint density at radius 3 is 2.76 bits per heavy atom. The van der Waals surface area contributed by atoms with Crippen LogP contribution in [0.1, 0.15) is 25.8 Å². The van der Waals surface area contributed by atoms with Crippen LogP contribution in [0.3, 0.4) is 0 Å². The van der Waals surface area contributed by atoms with E-state index in [4.69, 9.17) is 9.84 Å². The van der Waals surface area contributed by atoms with Crippen LogP contribution in [0.5, 0.6) is 5.75 Å². The van der Waals surface area contributed by atoms with Crippen LogP contribution in [-0.2, 0) is 4.79 Å². The summed E-state index contributed by atoms with van der Waals surface area (Å²) in [6, 6.07) is 12.5. The third-order valence-electron chi connectivity index (χ3n) is 3.31. The van der Waals surface area contributed by atoms with E-state index in [1.807, 2.05) is 37.3 Å². The molecule has 0 saturated carbocycles. The maximum Gasteiger partial charge on any atom is 0.328 e. The van der Waals surface area contributed by atoms with E-state index in [2.05, 4.69) is 22.9 Å². The Hall–Kier alpha value is -1.46. The first-order valence-corrected chi connectivity index (χ1v) is 7.93. The Morgan fingerprint density at radius 1 is 1.36 bits per heavy atom. The summed E-state index contributed by atoms with van der Waals surface area (Å²) in [5.74, 6) is 0.529. The van der Waals surface area contributed by atoms with Crippen molar-refractivity contribution in [2.45, 2.75) is 20.3 Å². The first-order valence-electron chi connectivity index (χ1n) is 7.93.